The molecule has 11 heavy (non-hydrogen) atoms. The highest BCUT2D eigenvalue weighted by Crippen LogP contribution is 2.02. The Morgan fingerprint density at radius 3 is 3.00 bits per heavy atom. The molecular weight excluding hydrogens is 144 g/mol. The van der Waals surface area contributed by atoms with Crippen molar-refractivity contribution in [3.8, 4) is 0 Å². The SMILES string of the molecule is CCC1CCNC(C(=O)O)N1. The first-order valence-corrected chi connectivity index (χ1v) is 3.96. The van der Waals surface area contributed by atoms with E-state index in [2.05, 4.69) is 17.6 Å². The van der Waals surface area contributed by atoms with Gasteiger partial charge in [0.25, 0.3) is 0 Å². The molecule has 1 heterocycles. The monoisotopic (exact) mass is 158 g/mol. The van der Waals surface area contributed by atoms with Crippen molar-refractivity contribution in [3.63, 3.8) is 0 Å². The quantitative estimate of drug-likeness (QED) is 0.519. The van der Waals surface area contributed by atoms with Gasteiger partial charge in [-0.25, -0.2) is 4.79 Å². The maximum Gasteiger partial charge on any atom is 0.335 e. The van der Waals surface area contributed by atoms with Crippen LogP contribution in [0.3, 0.4) is 0 Å². The predicted octanol–water partition coefficient (Wildman–Crippen LogP) is -0.241. The van der Waals surface area contributed by atoms with Crippen LogP contribution in [0.25, 0.3) is 0 Å². The molecule has 0 saturated carbocycles. The van der Waals surface area contributed by atoms with Crippen molar-refractivity contribution >= 4 is 5.97 Å². The molecule has 0 radical (unpaired) electrons. The van der Waals surface area contributed by atoms with Gasteiger partial charge in [0.05, 0.1) is 0 Å². The average Bonchev–Trinajstić information content (AvgIpc) is 2.05. The van der Waals surface area contributed by atoms with E-state index in [9.17, 15) is 4.79 Å². The van der Waals surface area contributed by atoms with Crippen LogP contribution in [0.5, 0.6) is 0 Å². The zero-order chi connectivity index (χ0) is 8.27. The molecule has 0 amide bonds. The molecule has 1 fully saturated rings. The highest BCUT2D eigenvalue weighted by Gasteiger charge is 2.23. The van der Waals surface area contributed by atoms with Gasteiger partial charge in [-0.05, 0) is 19.4 Å². The second-order valence-corrected chi connectivity index (χ2v) is 2.79. The molecule has 0 aromatic carbocycles. The number of aliphatic carboxylic acids is 1. The van der Waals surface area contributed by atoms with E-state index in [0.29, 0.717) is 6.04 Å². The average molecular weight is 158 g/mol. The summed E-state index contributed by atoms with van der Waals surface area (Å²) in [7, 11) is 0. The second kappa shape index (κ2) is 3.69. The van der Waals surface area contributed by atoms with Gasteiger partial charge in [0.15, 0.2) is 6.17 Å². The summed E-state index contributed by atoms with van der Waals surface area (Å²) in [6.07, 6.45) is 1.46. The van der Waals surface area contributed by atoms with Crippen molar-refractivity contribution < 1.29 is 9.90 Å². The Morgan fingerprint density at radius 1 is 1.73 bits per heavy atom. The molecule has 3 N–H and O–H groups in total. The smallest absolute Gasteiger partial charge is 0.335 e. The standard InChI is InChI=1S/C7H14N2O2/c1-2-5-3-4-8-6(9-5)7(10)11/h5-6,8-9H,2-4H2,1H3,(H,10,11). The van der Waals surface area contributed by atoms with E-state index in [1.807, 2.05) is 0 Å². The number of hydrogen-bond acceptors (Lipinski definition) is 3. The topological polar surface area (TPSA) is 61.4 Å². The Kier molecular flexibility index (Phi) is 2.84. The zero-order valence-electron chi connectivity index (χ0n) is 6.63. The van der Waals surface area contributed by atoms with Crippen molar-refractivity contribution in [2.24, 2.45) is 0 Å². The van der Waals surface area contributed by atoms with Crippen LogP contribution in [0.2, 0.25) is 0 Å². The van der Waals surface area contributed by atoms with Crippen molar-refractivity contribution in [1.82, 2.24) is 10.6 Å². The van der Waals surface area contributed by atoms with E-state index in [1.165, 1.54) is 0 Å². The van der Waals surface area contributed by atoms with Crippen LogP contribution in [0.1, 0.15) is 19.8 Å². The fourth-order valence-corrected chi connectivity index (χ4v) is 1.26. The van der Waals surface area contributed by atoms with E-state index < -0.39 is 12.1 Å². The largest absolute Gasteiger partial charge is 0.479 e. The molecule has 0 spiro atoms. The van der Waals surface area contributed by atoms with Crippen molar-refractivity contribution in [3.05, 3.63) is 0 Å². The first-order chi connectivity index (χ1) is 5.24. The van der Waals surface area contributed by atoms with E-state index in [1.54, 1.807) is 0 Å². The molecule has 4 heteroatoms. The summed E-state index contributed by atoms with van der Waals surface area (Å²) in [6.45, 7) is 2.85. The summed E-state index contributed by atoms with van der Waals surface area (Å²) < 4.78 is 0. The van der Waals surface area contributed by atoms with Gasteiger partial charge in [-0.1, -0.05) is 6.92 Å². The maximum atomic E-state index is 10.5. The molecule has 1 aliphatic heterocycles. The predicted molar refractivity (Wildman–Crippen MR) is 41.3 cm³/mol. The highest BCUT2D eigenvalue weighted by molar-refractivity contribution is 5.73. The van der Waals surface area contributed by atoms with Gasteiger partial charge in [0.2, 0.25) is 0 Å². The molecule has 1 aliphatic rings. The number of carbonyl (C=O) groups is 1. The lowest BCUT2D eigenvalue weighted by Gasteiger charge is -2.28. The third kappa shape index (κ3) is 2.17. The normalized spacial score (nSPS) is 31.7. The van der Waals surface area contributed by atoms with Crippen molar-refractivity contribution in [2.45, 2.75) is 32.0 Å². The number of nitrogens with one attached hydrogen (secondary N) is 2. The lowest BCUT2D eigenvalue weighted by Crippen LogP contribution is -2.57. The minimum Gasteiger partial charge on any atom is -0.479 e. The second-order valence-electron chi connectivity index (χ2n) is 2.79. The lowest BCUT2D eigenvalue weighted by atomic mass is 10.1. The van der Waals surface area contributed by atoms with Crippen LogP contribution in [-0.2, 0) is 4.79 Å². The Balaban J connectivity index is 2.39. The lowest BCUT2D eigenvalue weighted by molar-refractivity contribution is -0.141. The molecule has 0 bridgehead atoms. The molecule has 64 valence electrons. The molecule has 0 aromatic rings. The summed E-state index contributed by atoms with van der Waals surface area (Å²) in [4.78, 5) is 10.5. The van der Waals surface area contributed by atoms with E-state index in [0.717, 1.165) is 19.4 Å². The Hall–Kier alpha value is -0.610. The third-order valence-corrected chi connectivity index (χ3v) is 1.98. The fraction of sp³-hybridized carbons (Fsp3) is 0.857. The van der Waals surface area contributed by atoms with Crippen molar-refractivity contribution in [2.75, 3.05) is 6.54 Å². The first kappa shape index (κ1) is 8.49. The van der Waals surface area contributed by atoms with Gasteiger partial charge >= 0.3 is 5.97 Å². The third-order valence-electron chi connectivity index (χ3n) is 1.98. The minimum atomic E-state index is -0.817. The van der Waals surface area contributed by atoms with Crippen LogP contribution in [-0.4, -0.2) is 29.8 Å². The molecule has 1 rings (SSSR count). The number of carboxylic acids is 1. The maximum absolute atomic E-state index is 10.5. The molecule has 1 saturated heterocycles. The van der Waals surface area contributed by atoms with Crippen molar-refractivity contribution in [1.29, 1.82) is 0 Å². The van der Waals surface area contributed by atoms with Crippen LogP contribution >= 0.6 is 0 Å². The summed E-state index contributed by atoms with van der Waals surface area (Å²) in [6, 6.07) is 0.359. The summed E-state index contributed by atoms with van der Waals surface area (Å²) in [5.74, 6) is -0.817. The van der Waals surface area contributed by atoms with Gasteiger partial charge in [-0.3, -0.25) is 10.6 Å². The van der Waals surface area contributed by atoms with E-state index in [-0.39, 0.29) is 0 Å². The van der Waals surface area contributed by atoms with Crippen LogP contribution < -0.4 is 10.6 Å². The molecule has 0 aromatic heterocycles. The highest BCUT2D eigenvalue weighted by atomic mass is 16.4. The molecule has 0 aliphatic carbocycles. The number of hydrogen-bond donors (Lipinski definition) is 3. The summed E-state index contributed by atoms with van der Waals surface area (Å²) >= 11 is 0. The van der Waals surface area contributed by atoms with Crippen LogP contribution in [0, 0.1) is 0 Å². The summed E-state index contributed by atoms with van der Waals surface area (Å²) in [5, 5.41) is 14.5. The number of rotatable bonds is 2. The zero-order valence-corrected chi connectivity index (χ0v) is 6.63. The Bertz CT molecular complexity index is 149. The van der Waals surface area contributed by atoms with Crippen LogP contribution in [0.4, 0.5) is 0 Å². The van der Waals surface area contributed by atoms with Gasteiger partial charge in [-0.2, -0.15) is 0 Å². The van der Waals surface area contributed by atoms with Gasteiger partial charge in [-0.15, -0.1) is 0 Å². The Labute approximate surface area is 66.0 Å². The fourth-order valence-electron chi connectivity index (χ4n) is 1.26. The van der Waals surface area contributed by atoms with E-state index in [4.69, 9.17) is 5.11 Å². The number of carboxylic acid groups (broad SMARTS) is 1. The Morgan fingerprint density at radius 2 is 2.45 bits per heavy atom. The minimum absolute atomic E-state index is 0.359. The summed E-state index contributed by atoms with van der Waals surface area (Å²) in [5.41, 5.74) is 0. The molecule has 2 atom stereocenters. The molecular formula is C7H14N2O2. The van der Waals surface area contributed by atoms with Crippen LogP contribution in [0.15, 0.2) is 0 Å². The van der Waals surface area contributed by atoms with Gasteiger partial charge < -0.3 is 5.11 Å². The van der Waals surface area contributed by atoms with E-state index >= 15 is 0 Å². The first-order valence-electron chi connectivity index (χ1n) is 3.96. The molecule has 4 nitrogen and oxygen atoms in total. The molecule has 2 unspecified atom stereocenters. The van der Waals surface area contributed by atoms with Gasteiger partial charge in [0, 0.05) is 6.04 Å². The van der Waals surface area contributed by atoms with Gasteiger partial charge in [0.1, 0.15) is 0 Å².